The molecular formula is C11H17BNO2Y. The van der Waals surface area contributed by atoms with Gasteiger partial charge in [-0.2, -0.15) is 0 Å². The molecular weight excluding hydrogens is 278 g/mol. The van der Waals surface area contributed by atoms with Crippen LogP contribution in [0.5, 0.6) is 0 Å². The Morgan fingerprint density at radius 2 is 1.81 bits per heavy atom. The van der Waals surface area contributed by atoms with E-state index < -0.39 is 7.12 Å². The Morgan fingerprint density at radius 1 is 1.19 bits per heavy atom. The third-order valence-electron chi connectivity index (χ3n) is 2.45. The van der Waals surface area contributed by atoms with Gasteiger partial charge in [0.2, 0.25) is 0 Å². The van der Waals surface area contributed by atoms with Crippen LogP contribution in [-0.2, 0) is 31.0 Å². The summed E-state index contributed by atoms with van der Waals surface area (Å²) >= 11 is 1.28. The van der Waals surface area contributed by atoms with Gasteiger partial charge in [-0.3, -0.25) is 0 Å². The van der Waals surface area contributed by atoms with Gasteiger partial charge in [-0.05, 0) is 0 Å². The SMILES string of the molecule is CCCN(C[CH2][Y])c1ccc(B(O)O)cc1. The zero-order valence-corrected chi connectivity index (χ0v) is 12.5. The van der Waals surface area contributed by atoms with E-state index in [-0.39, 0.29) is 0 Å². The van der Waals surface area contributed by atoms with Crippen molar-refractivity contribution in [1.82, 2.24) is 0 Å². The fourth-order valence-electron chi connectivity index (χ4n) is 1.65. The number of hydrogen-bond acceptors (Lipinski definition) is 3. The van der Waals surface area contributed by atoms with Crippen LogP contribution in [0.3, 0.4) is 0 Å². The molecule has 0 amide bonds. The molecule has 0 spiro atoms. The van der Waals surface area contributed by atoms with Crippen molar-refractivity contribution in [1.29, 1.82) is 0 Å². The second-order valence-corrected chi connectivity index (χ2v) is 5.16. The number of anilines is 1. The molecule has 5 heteroatoms. The number of nitrogens with zero attached hydrogens (tertiary/aromatic N) is 1. The Balaban J connectivity index is 2.76. The zero-order valence-electron chi connectivity index (χ0n) is 9.63. The zero-order chi connectivity index (χ0) is 12.0. The maximum absolute atomic E-state index is 9.01. The number of benzene rings is 1. The van der Waals surface area contributed by atoms with E-state index in [1.807, 2.05) is 12.1 Å². The minimum absolute atomic E-state index is 0.547. The van der Waals surface area contributed by atoms with Crippen LogP contribution in [0.2, 0.25) is 3.23 Å². The molecule has 0 aliphatic carbocycles. The second kappa shape index (κ2) is 7.44. The van der Waals surface area contributed by atoms with E-state index in [9.17, 15) is 0 Å². The molecule has 0 unspecified atom stereocenters. The quantitative estimate of drug-likeness (QED) is 0.753. The topological polar surface area (TPSA) is 43.7 Å². The first-order valence-corrected chi connectivity index (χ1v) is 7.60. The van der Waals surface area contributed by atoms with Crippen molar-refractivity contribution in [2.24, 2.45) is 0 Å². The molecule has 0 radical (unpaired) electrons. The van der Waals surface area contributed by atoms with E-state index >= 15 is 0 Å². The first-order chi connectivity index (χ1) is 7.69. The Hall–Kier alpha value is 0.109. The van der Waals surface area contributed by atoms with Crippen molar-refractivity contribution < 1.29 is 41.0 Å². The van der Waals surface area contributed by atoms with Gasteiger partial charge in [-0.15, -0.1) is 0 Å². The molecule has 0 saturated carbocycles. The van der Waals surface area contributed by atoms with E-state index in [0.29, 0.717) is 5.46 Å². The van der Waals surface area contributed by atoms with E-state index in [4.69, 9.17) is 10.0 Å². The standard InChI is InChI=1S/C11H17BNO2.Y/c1-3-9-13(4-2)11-7-5-10(6-8-11)12(14)15;/h5-8,14-15H,2-4,9H2,1H3;. The molecule has 0 saturated heterocycles. The normalized spacial score (nSPS) is 10.1. The number of hydrogen-bond donors (Lipinski definition) is 2. The monoisotopic (exact) mass is 295 g/mol. The van der Waals surface area contributed by atoms with Crippen LogP contribution >= 0.6 is 0 Å². The van der Waals surface area contributed by atoms with Gasteiger partial charge < -0.3 is 0 Å². The maximum atomic E-state index is 9.01. The molecule has 1 aromatic rings. The van der Waals surface area contributed by atoms with Gasteiger partial charge in [0.15, 0.2) is 0 Å². The molecule has 0 aromatic heterocycles. The van der Waals surface area contributed by atoms with Gasteiger partial charge in [0.05, 0.1) is 0 Å². The molecule has 0 heterocycles. The summed E-state index contributed by atoms with van der Waals surface area (Å²) in [5.74, 6) is 0. The van der Waals surface area contributed by atoms with Crippen LogP contribution in [0.4, 0.5) is 5.69 Å². The van der Waals surface area contributed by atoms with Gasteiger partial charge in [0.1, 0.15) is 0 Å². The van der Waals surface area contributed by atoms with Crippen LogP contribution in [0.15, 0.2) is 24.3 Å². The Kier molecular flexibility index (Phi) is 6.59. The van der Waals surface area contributed by atoms with Gasteiger partial charge >= 0.3 is 118 Å². The summed E-state index contributed by atoms with van der Waals surface area (Å²) in [4.78, 5) is 2.35. The van der Waals surface area contributed by atoms with Gasteiger partial charge in [0, 0.05) is 0 Å². The molecule has 0 fully saturated rings. The first-order valence-electron chi connectivity index (χ1n) is 5.60. The molecule has 84 valence electrons. The van der Waals surface area contributed by atoms with Crippen LogP contribution in [0, 0.1) is 0 Å². The van der Waals surface area contributed by atoms with Crippen molar-refractivity contribution in [3.63, 3.8) is 0 Å². The van der Waals surface area contributed by atoms with E-state index in [1.165, 1.54) is 39.9 Å². The fourth-order valence-corrected chi connectivity index (χ4v) is 2.42. The molecule has 3 nitrogen and oxygen atoms in total. The minimum atomic E-state index is -1.37. The van der Waals surface area contributed by atoms with Crippen molar-refractivity contribution in [3.05, 3.63) is 24.3 Å². The molecule has 2 N–H and O–H groups in total. The van der Waals surface area contributed by atoms with Crippen LogP contribution < -0.4 is 10.4 Å². The third-order valence-corrected chi connectivity index (χ3v) is 3.08. The van der Waals surface area contributed by atoms with Crippen molar-refractivity contribution in [3.8, 4) is 0 Å². The van der Waals surface area contributed by atoms with Gasteiger partial charge in [-0.25, -0.2) is 0 Å². The molecule has 0 aliphatic heterocycles. The number of rotatable bonds is 6. The average Bonchev–Trinajstić information content (AvgIpc) is 2.29. The van der Waals surface area contributed by atoms with Gasteiger partial charge in [-0.1, -0.05) is 0 Å². The van der Waals surface area contributed by atoms with Crippen molar-refractivity contribution >= 4 is 18.3 Å². The molecule has 0 bridgehead atoms. The predicted molar refractivity (Wildman–Crippen MR) is 63.6 cm³/mol. The summed E-state index contributed by atoms with van der Waals surface area (Å²) in [5.41, 5.74) is 1.71. The molecule has 0 atom stereocenters. The second-order valence-electron chi connectivity index (χ2n) is 3.74. The Labute approximate surface area is 117 Å². The molecule has 0 aliphatic rings. The van der Waals surface area contributed by atoms with Gasteiger partial charge in [0.25, 0.3) is 0 Å². The third kappa shape index (κ3) is 4.17. The summed E-state index contributed by atoms with van der Waals surface area (Å²) in [5, 5.41) is 18.0. The fraction of sp³-hybridized carbons (Fsp3) is 0.455. The van der Waals surface area contributed by atoms with Crippen LogP contribution in [0.25, 0.3) is 0 Å². The Bertz CT molecular complexity index is 299. The van der Waals surface area contributed by atoms with Crippen LogP contribution in [0.1, 0.15) is 13.3 Å². The molecule has 16 heavy (non-hydrogen) atoms. The summed E-state index contributed by atoms with van der Waals surface area (Å²) in [6.07, 6.45) is 1.13. The Morgan fingerprint density at radius 3 is 2.25 bits per heavy atom. The summed E-state index contributed by atoms with van der Waals surface area (Å²) in [6.45, 7) is 4.32. The van der Waals surface area contributed by atoms with E-state index in [0.717, 1.165) is 19.5 Å². The van der Waals surface area contributed by atoms with Crippen molar-refractivity contribution in [2.75, 3.05) is 18.0 Å². The average molecular weight is 295 g/mol. The van der Waals surface area contributed by atoms with E-state index in [2.05, 4.69) is 11.8 Å². The van der Waals surface area contributed by atoms with Crippen molar-refractivity contribution in [2.45, 2.75) is 16.6 Å². The molecule has 1 aromatic carbocycles. The summed E-state index contributed by atoms with van der Waals surface area (Å²) in [7, 11) is -1.37. The van der Waals surface area contributed by atoms with E-state index in [1.54, 1.807) is 12.1 Å². The first kappa shape index (κ1) is 14.2. The van der Waals surface area contributed by atoms with Crippen LogP contribution in [-0.4, -0.2) is 30.3 Å². The predicted octanol–water partition coefficient (Wildman–Crippen LogP) is 0.548. The summed E-state index contributed by atoms with van der Waals surface area (Å²) < 4.78 is 1.25. The summed E-state index contributed by atoms with van der Waals surface area (Å²) in [6, 6.07) is 7.46. The molecule has 1 rings (SSSR count).